The molecule has 1 saturated heterocycles. The lowest BCUT2D eigenvalue weighted by molar-refractivity contribution is -0.0590. The van der Waals surface area contributed by atoms with Gasteiger partial charge in [-0.3, -0.25) is 0 Å². The lowest BCUT2D eigenvalue weighted by Gasteiger charge is -2.33. The number of ether oxygens (including phenoxy) is 1. The number of aromatic nitrogens is 1. The predicted molar refractivity (Wildman–Crippen MR) is 52.8 cm³/mol. The van der Waals surface area contributed by atoms with Gasteiger partial charge in [0, 0.05) is 11.8 Å². The van der Waals surface area contributed by atoms with Gasteiger partial charge in [0.05, 0.1) is 12.2 Å². The van der Waals surface area contributed by atoms with Gasteiger partial charge in [0.1, 0.15) is 0 Å². The van der Waals surface area contributed by atoms with Crippen molar-refractivity contribution in [3.05, 3.63) is 29.3 Å². The fourth-order valence-electron chi connectivity index (χ4n) is 2.54. The molecule has 0 unspecified atom stereocenters. The van der Waals surface area contributed by atoms with Gasteiger partial charge in [0.25, 0.3) is 0 Å². The molecule has 3 rings (SSSR count). The standard InChI is InChI=1S/C11H13FN2O/c12-10-5-9-8(6-14-10)7-15-11(9)1-3-13-4-2-11/h5-6,13H,1-4,7H2. The maximum atomic E-state index is 13.1. The van der Waals surface area contributed by atoms with Crippen molar-refractivity contribution in [1.29, 1.82) is 0 Å². The van der Waals surface area contributed by atoms with Crippen molar-refractivity contribution in [3.63, 3.8) is 0 Å². The van der Waals surface area contributed by atoms with Crippen LogP contribution in [0, 0.1) is 5.95 Å². The van der Waals surface area contributed by atoms with E-state index >= 15 is 0 Å². The average Bonchev–Trinajstić information content (AvgIpc) is 2.59. The molecule has 2 aliphatic heterocycles. The SMILES string of the molecule is Fc1cc2c(cn1)COC21CCNCC1. The molecule has 0 aliphatic carbocycles. The minimum absolute atomic E-state index is 0.246. The summed E-state index contributed by atoms with van der Waals surface area (Å²) in [5.74, 6) is -0.405. The minimum Gasteiger partial charge on any atom is -0.365 e. The molecule has 3 nitrogen and oxygen atoms in total. The minimum atomic E-state index is -0.405. The first kappa shape index (κ1) is 9.24. The molecule has 4 heteroatoms. The van der Waals surface area contributed by atoms with Crippen LogP contribution in [0.15, 0.2) is 12.3 Å². The summed E-state index contributed by atoms with van der Waals surface area (Å²) < 4.78 is 19.0. The average molecular weight is 208 g/mol. The van der Waals surface area contributed by atoms with Gasteiger partial charge in [0.2, 0.25) is 5.95 Å². The molecule has 1 aromatic rings. The second kappa shape index (κ2) is 3.25. The summed E-state index contributed by atoms with van der Waals surface area (Å²) in [7, 11) is 0. The summed E-state index contributed by atoms with van der Waals surface area (Å²) in [6.07, 6.45) is 3.44. The Morgan fingerprint density at radius 2 is 2.20 bits per heavy atom. The maximum absolute atomic E-state index is 13.1. The molecule has 0 aromatic carbocycles. The van der Waals surface area contributed by atoms with Crippen LogP contribution in [0.4, 0.5) is 4.39 Å². The molecular weight excluding hydrogens is 195 g/mol. The molecule has 2 aliphatic rings. The van der Waals surface area contributed by atoms with Crippen LogP contribution in [0.3, 0.4) is 0 Å². The quantitative estimate of drug-likeness (QED) is 0.653. The predicted octanol–water partition coefficient (Wildman–Crippen LogP) is 1.33. The first-order chi connectivity index (χ1) is 7.30. The van der Waals surface area contributed by atoms with Crippen LogP contribution in [-0.2, 0) is 16.9 Å². The summed E-state index contributed by atoms with van der Waals surface area (Å²) in [4.78, 5) is 3.67. The van der Waals surface area contributed by atoms with E-state index in [1.54, 1.807) is 6.20 Å². The van der Waals surface area contributed by atoms with Crippen LogP contribution in [0.2, 0.25) is 0 Å². The van der Waals surface area contributed by atoms with Crippen LogP contribution < -0.4 is 5.32 Å². The fraction of sp³-hybridized carbons (Fsp3) is 0.545. The Balaban J connectivity index is 2.05. The van der Waals surface area contributed by atoms with Gasteiger partial charge in [-0.25, -0.2) is 4.98 Å². The zero-order valence-corrected chi connectivity index (χ0v) is 8.42. The Labute approximate surface area is 87.7 Å². The zero-order chi connectivity index (χ0) is 10.3. The number of halogens is 1. The molecule has 0 bridgehead atoms. The second-order valence-electron chi connectivity index (χ2n) is 4.20. The number of nitrogens with zero attached hydrogens (tertiary/aromatic N) is 1. The van der Waals surface area contributed by atoms with Crippen molar-refractivity contribution in [2.24, 2.45) is 0 Å². The Morgan fingerprint density at radius 3 is 3.00 bits per heavy atom. The molecule has 15 heavy (non-hydrogen) atoms. The van der Waals surface area contributed by atoms with E-state index in [1.807, 2.05) is 0 Å². The zero-order valence-electron chi connectivity index (χ0n) is 8.42. The first-order valence-corrected chi connectivity index (χ1v) is 5.30. The molecule has 1 fully saturated rings. The third-order valence-electron chi connectivity index (χ3n) is 3.36. The van der Waals surface area contributed by atoms with Crippen molar-refractivity contribution >= 4 is 0 Å². The molecule has 0 amide bonds. The van der Waals surface area contributed by atoms with Crippen molar-refractivity contribution < 1.29 is 9.13 Å². The van der Waals surface area contributed by atoms with Crippen LogP contribution in [0.5, 0.6) is 0 Å². The number of rotatable bonds is 0. The topological polar surface area (TPSA) is 34.1 Å². The maximum Gasteiger partial charge on any atom is 0.213 e. The highest BCUT2D eigenvalue weighted by molar-refractivity contribution is 5.33. The lowest BCUT2D eigenvalue weighted by Crippen LogP contribution is -2.39. The molecule has 3 heterocycles. The third kappa shape index (κ3) is 1.36. The Morgan fingerprint density at radius 1 is 1.40 bits per heavy atom. The van der Waals surface area contributed by atoms with Crippen molar-refractivity contribution in [2.75, 3.05) is 13.1 Å². The van der Waals surface area contributed by atoms with E-state index < -0.39 is 5.95 Å². The lowest BCUT2D eigenvalue weighted by atomic mass is 9.85. The van der Waals surface area contributed by atoms with E-state index in [0.717, 1.165) is 37.1 Å². The van der Waals surface area contributed by atoms with Gasteiger partial charge in [-0.1, -0.05) is 0 Å². The molecule has 1 aromatic heterocycles. The van der Waals surface area contributed by atoms with Crippen LogP contribution >= 0.6 is 0 Å². The monoisotopic (exact) mass is 208 g/mol. The molecule has 80 valence electrons. The number of pyridine rings is 1. The van der Waals surface area contributed by atoms with Crippen LogP contribution in [-0.4, -0.2) is 18.1 Å². The van der Waals surface area contributed by atoms with Crippen LogP contribution in [0.25, 0.3) is 0 Å². The van der Waals surface area contributed by atoms with Crippen LogP contribution in [0.1, 0.15) is 24.0 Å². The first-order valence-electron chi connectivity index (χ1n) is 5.30. The summed E-state index contributed by atoms with van der Waals surface area (Å²) in [6, 6.07) is 1.54. The Bertz CT molecular complexity index is 383. The molecule has 0 saturated carbocycles. The molecular formula is C11H13FN2O. The van der Waals surface area contributed by atoms with Crippen molar-refractivity contribution in [2.45, 2.75) is 25.0 Å². The number of hydrogen-bond acceptors (Lipinski definition) is 3. The van der Waals surface area contributed by atoms with E-state index in [-0.39, 0.29) is 5.60 Å². The van der Waals surface area contributed by atoms with E-state index in [4.69, 9.17) is 4.74 Å². The Hall–Kier alpha value is -1.00. The van der Waals surface area contributed by atoms with Gasteiger partial charge in [0.15, 0.2) is 0 Å². The summed E-state index contributed by atoms with van der Waals surface area (Å²) >= 11 is 0. The fourth-order valence-corrected chi connectivity index (χ4v) is 2.54. The number of nitrogens with one attached hydrogen (secondary N) is 1. The van der Waals surface area contributed by atoms with E-state index in [9.17, 15) is 4.39 Å². The largest absolute Gasteiger partial charge is 0.365 e. The van der Waals surface area contributed by atoms with E-state index in [0.29, 0.717) is 6.61 Å². The van der Waals surface area contributed by atoms with Gasteiger partial charge < -0.3 is 10.1 Å². The highest BCUT2D eigenvalue weighted by atomic mass is 19.1. The summed E-state index contributed by atoms with van der Waals surface area (Å²) in [6.45, 7) is 2.44. The summed E-state index contributed by atoms with van der Waals surface area (Å²) in [5, 5.41) is 3.29. The summed E-state index contributed by atoms with van der Waals surface area (Å²) in [5.41, 5.74) is 1.81. The third-order valence-corrected chi connectivity index (χ3v) is 3.36. The van der Waals surface area contributed by atoms with Gasteiger partial charge in [-0.05, 0) is 37.6 Å². The van der Waals surface area contributed by atoms with Crippen molar-refractivity contribution in [1.82, 2.24) is 10.3 Å². The number of hydrogen-bond donors (Lipinski definition) is 1. The number of fused-ring (bicyclic) bond motifs is 2. The van der Waals surface area contributed by atoms with Gasteiger partial charge in [-0.2, -0.15) is 4.39 Å². The van der Waals surface area contributed by atoms with E-state index in [1.165, 1.54) is 6.07 Å². The molecule has 1 N–H and O–H groups in total. The normalized spacial score (nSPS) is 23.0. The van der Waals surface area contributed by atoms with Gasteiger partial charge >= 0.3 is 0 Å². The van der Waals surface area contributed by atoms with Gasteiger partial charge in [-0.15, -0.1) is 0 Å². The number of piperidine rings is 1. The highest BCUT2D eigenvalue weighted by Gasteiger charge is 2.41. The smallest absolute Gasteiger partial charge is 0.213 e. The van der Waals surface area contributed by atoms with Crippen molar-refractivity contribution in [3.8, 4) is 0 Å². The molecule has 1 spiro atoms. The second-order valence-corrected chi connectivity index (χ2v) is 4.20. The van der Waals surface area contributed by atoms with E-state index in [2.05, 4.69) is 10.3 Å². The molecule has 0 atom stereocenters. The highest BCUT2D eigenvalue weighted by Crippen LogP contribution is 2.42. The molecule has 0 radical (unpaired) electrons. The Kier molecular flexibility index (Phi) is 2.00.